The zero-order chi connectivity index (χ0) is 22.5. The van der Waals surface area contributed by atoms with Gasteiger partial charge in [-0.15, -0.1) is 6.42 Å². The Hall–Kier alpha value is -1.43. The zero-order valence-electron chi connectivity index (χ0n) is 14.4. The summed E-state index contributed by atoms with van der Waals surface area (Å²) in [5.41, 5.74) is 4.50. The van der Waals surface area contributed by atoms with Crippen LogP contribution < -0.4 is 11.4 Å². The van der Waals surface area contributed by atoms with Crippen molar-refractivity contribution in [2.45, 2.75) is 24.5 Å². The molecule has 3 heterocycles. The number of nitrogen functional groups attached to an aromatic ring is 1. The first-order valence-electron chi connectivity index (χ1n) is 7.67. The third-order valence-electron chi connectivity index (χ3n) is 3.76. The number of ether oxygens (including phenoxy) is 1. The lowest BCUT2D eigenvalue weighted by molar-refractivity contribution is -0.0544. The molecule has 3 unspecified atom stereocenters. The largest absolute Gasteiger partial charge is 0.492 e. The highest BCUT2D eigenvalue weighted by Gasteiger charge is 2.55. The standard InChI is InChI=1S/C11H14N3O13P3/c1-2-5-3-14(11(17)13-9(5)12)10-8(16)7(15)6(24-10)4-23-30(22)26-28(18,19)25-29(20,21)27-30/h1,3,6-8,10,15-16H,4H2,(H,18,19)(H,20,21)(H2,12,13,17)/t6-,7?,8+,10-/m1/s1. The highest BCUT2D eigenvalue weighted by Crippen LogP contribution is 2.80. The van der Waals surface area contributed by atoms with Crippen molar-refractivity contribution in [2.75, 3.05) is 12.3 Å². The number of nitrogens with two attached hydrogens (primary N) is 1. The van der Waals surface area contributed by atoms with E-state index in [1.807, 2.05) is 0 Å². The van der Waals surface area contributed by atoms with Gasteiger partial charge in [-0.2, -0.15) is 17.9 Å². The van der Waals surface area contributed by atoms with Gasteiger partial charge in [0.15, 0.2) is 6.23 Å². The summed E-state index contributed by atoms with van der Waals surface area (Å²) in [5.74, 6) is 1.91. The molecule has 0 aromatic carbocycles. The van der Waals surface area contributed by atoms with Crippen LogP contribution in [0.4, 0.5) is 5.82 Å². The second kappa shape index (κ2) is 7.92. The number of phosphoric acid groups is 3. The molecule has 30 heavy (non-hydrogen) atoms. The molecule has 2 aliphatic heterocycles. The van der Waals surface area contributed by atoms with E-state index >= 15 is 0 Å². The molecule has 3 rings (SSSR count). The third kappa shape index (κ3) is 4.74. The topological polar surface area (TPSA) is 239 Å². The van der Waals surface area contributed by atoms with Gasteiger partial charge in [0.2, 0.25) is 0 Å². The predicted molar refractivity (Wildman–Crippen MR) is 93.2 cm³/mol. The lowest BCUT2D eigenvalue weighted by Gasteiger charge is -2.27. The van der Waals surface area contributed by atoms with Crippen LogP contribution in [0.15, 0.2) is 11.0 Å². The monoisotopic (exact) mass is 489 g/mol. The zero-order valence-corrected chi connectivity index (χ0v) is 17.1. The highest BCUT2D eigenvalue weighted by molar-refractivity contribution is 7.74. The predicted octanol–water partition coefficient (Wildman–Crippen LogP) is -1.19. The van der Waals surface area contributed by atoms with E-state index in [1.165, 1.54) is 0 Å². The van der Waals surface area contributed by atoms with E-state index in [0.29, 0.717) is 0 Å². The van der Waals surface area contributed by atoms with Crippen molar-refractivity contribution in [1.82, 2.24) is 9.55 Å². The van der Waals surface area contributed by atoms with E-state index in [2.05, 4.69) is 28.4 Å². The normalized spacial score (nSPS) is 41.4. The summed E-state index contributed by atoms with van der Waals surface area (Å²) in [6, 6.07) is 0. The van der Waals surface area contributed by atoms with Crippen LogP contribution >= 0.6 is 23.5 Å². The number of terminal acetylenes is 1. The lowest BCUT2D eigenvalue weighted by atomic mass is 10.1. The Morgan fingerprint density at radius 2 is 1.80 bits per heavy atom. The van der Waals surface area contributed by atoms with Crippen LogP contribution in [0.3, 0.4) is 0 Å². The second-order valence-electron chi connectivity index (χ2n) is 5.85. The Morgan fingerprint density at radius 1 is 1.20 bits per heavy atom. The van der Waals surface area contributed by atoms with Gasteiger partial charge in [-0.1, -0.05) is 5.92 Å². The molecule has 1 aromatic rings. The van der Waals surface area contributed by atoms with Crippen LogP contribution in [-0.2, 0) is 35.9 Å². The second-order valence-corrected chi connectivity index (χ2v) is 10.8. The molecule has 2 fully saturated rings. The minimum atomic E-state index is -5.26. The van der Waals surface area contributed by atoms with E-state index in [1.54, 1.807) is 0 Å². The van der Waals surface area contributed by atoms with E-state index in [9.17, 15) is 38.5 Å². The van der Waals surface area contributed by atoms with Crippen molar-refractivity contribution >= 4 is 29.3 Å². The summed E-state index contributed by atoms with van der Waals surface area (Å²) >= 11 is 0. The van der Waals surface area contributed by atoms with Crippen molar-refractivity contribution in [2.24, 2.45) is 0 Å². The van der Waals surface area contributed by atoms with E-state index in [4.69, 9.17) is 16.9 Å². The van der Waals surface area contributed by atoms with Crippen molar-refractivity contribution in [3.05, 3.63) is 22.2 Å². The van der Waals surface area contributed by atoms with Gasteiger partial charge in [0.25, 0.3) is 0 Å². The number of hydrogen-bond acceptors (Lipinski definition) is 13. The fourth-order valence-corrected chi connectivity index (χ4v) is 7.45. The average Bonchev–Trinajstić information content (AvgIpc) is 2.85. The molecule has 0 saturated carbocycles. The summed E-state index contributed by atoms with van der Waals surface area (Å²) in [4.78, 5) is 33.9. The molecule has 0 radical (unpaired) electrons. The number of aromatic nitrogens is 2. The van der Waals surface area contributed by atoms with Crippen LogP contribution in [0.25, 0.3) is 0 Å². The van der Waals surface area contributed by atoms with Crippen LogP contribution in [-0.4, -0.2) is 54.5 Å². The van der Waals surface area contributed by atoms with E-state index in [-0.39, 0.29) is 11.4 Å². The molecule has 0 amide bonds. The fraction of sp³-hybridized carbons (Fsp3) is 0.455. The molecular weight excluding hydrogens is 475 g/mol. The molecule has 1 aromatic heterocycles. The molecule has 2 saturated heterocycles. The quantitative estimate of drug-likeness (QED) is 0.247. The third-order valence-corrected chi connectivity index (χ3v) is 9.12. The minimum Gasteiger partial charge on any atom is -0.387 e. The summed E-state index contributed by atoms with van der Waals surface area (Å²) in [6.45, 7) is -0.939. The molecule has 166 valence electrons. The van der Waals surface area contributed by atoms with Crippen LogP contribution in [0.1, 0.15) is 11.8 Å². The van der Waals surface area contributed by atoms with Crippen LogP contribution in [0, 0.1) is 12.3 Å². The van der Waals surface area contributed by atoms with Crippen molar-refractivity contribution < 1.29 is 55.9 Å². The first-order chi connectivity index (χ1) is 13.8. The van der Waals surface area contributed by atoms with Gasteiger partial charge >= 0.3 is 29.2 Å². The number of aliphatic hydroxyl groups is 2. The number of rotatable bonds is 4. The van der Waals surface area contributed by atoms with Gasteiger partial charge in [0.1, 0.15) is 24.1 Å². The summed E-state index contributed by atoms with van der Waals surface area (Å²) < 4.78 is 57.5. The molecular formula is C11H14N3O13P3. The lowest BCUT2D eigenvalue weighted by Crippen LogP contribution is -2.36. The van der Waals surface area contributed by atoms with Crippen molar-refractivity contribution in [1.29, 1.82) is 0 Å². The van der Waals surface area contributed by atoms with Crippen molar-refractivity contribution in [3.8, 4) is 12.3 Å². The highest BCUT2D eigenvalue weighted by atomic mass is 31.3. The van der Waals surface area contributed by atoms with Gasteiger partial charge in [0.05, 0.1) is 12.2 Å². The first kappa shape index (κ1) is 23.2. The van der Waals surface area contributed by atoms with E-state index in [0.717, 1.165) is 10.8 Å². The number of nitrogens with zero attached hydrogens (tertiary/aromatic N) is 2. The molecule has 6 atom stereocenters. The number of anilines is 1. The first-order valence-corrected chi connectivity index (χ1v) is 12.1. The Kier molecular flexibility index (Phi) is 6.14. The van der Waals surface area contributed by atoms with Gasteiger partial charge < -0.3 is 30.5 Å². The van der Waals surface area contributed by atoms with Gasteiger partial charge in [-0.25, -0.2) is 18.5 Å². The number of aliphatic hydroxyl groups excluding tert-OH is 2. The van der Waals surface area contributed by atoms with Crippen molar-refractivity contribution in [3.63, 3.8) is 0 Å². The Balaban J connectivity index is 1.78. The average molecular weight is 489 g/mol. The Labute approximate surface area is 167 Å². The molecule has 0 spiro atoms. The van der Waals surface area contributed by atoms with Crippen LogP contribution in [0.5, 0.6) is 0 Å². The molecule has 6 N–H and O–H groups in total. The maximum absolute atomic E-state index is 12.2. The summed E-state index contributed by atoms with van der Waals surface area (Å²) in [5, 5.41) is 20.3. The Morgan fingerprint density at radius 3 is 2.37 bits per heavy atom. The van der Waals surface area contributed by atoms with Gasteiger partial charge in [-0.05, 0) is 0 Å². The molecule has 2 aliphatic rings. The van der Waals surface area contributed by atoms with Crippen LogP contribution in [0.2, 0.25) is 0 Å². The molecule has 0 bridgehead atoms. The summed E-state index contributed by atoms with van der Waals surface area (Å²) in [6.07, 6.45) is -0.254. The number of hydrogen-bond donors (Lipinski definition) is 5. The minimum absolute atomic E-state index is 0.00886. The maximum atomic E-state index is 12.2. The smallest absolute Gasteiger partial charge is 0.387 e. The van der Waals surface area contributed by atoms with Gasteiger partial charge in [0, 0.05) is 6.20 Å². The SMILES string of the molecule is C#Cc1cn([C@@H]2O[C@H](COP3(=O)OP(=O)(O)OP(=O)(O)O3)C(O)[C@@H]2O)c(=O)nc1N. The van der Waals surface area contributed by atoms with Gasteiger partial charge in [-0.3, -0.25) is 9.09 Å². The maximum Gasteiger partial charge on any atom is 0.492 e. The fourth-order valence-electron chi connectivity index (χ4n) is 2.51. The van der Waals surface area contributed by atoms with E-state index < -0.39 is 60.3 Å². The molecule has 0 aliphatic carbocycles. The summed E-state index contributed by atoms with van der Waals surface area (Å²) in [7, 11) is -15.6. The Bertz CT molecular complexity index is 1070. The molecule has 19 heteroatoms. The molecule has 16 nitrogen and oxygen atoms in total.